The van der Waals surface area contributed by atoms with Gasteiger partial charge in [0.1, 0.15) is 10.6 Å². The third kappa shape index (κ3) is 3.26. The summed E-state index contributed by atoms with van der Waals surface area (Å²) in [5, 5.41) is 0.896. The lowest BCUT2D eigenvalue weighted by Crippen LogP contribution is -2.41. The topological polar surface area (TPSA) is 86.9 Å². The van der Waals surface area contributed by atoms with E-state index in [0.29, 0.717) is 16.3 Å². The summed E-state index contributed by atoms with van der Waals surface area (Å²) in [6.45, 7) is 3.75. The van der Waals surface area contributed by atoms with Crippen LogP contribution in [-0.4, -0.2) is 21.8 Å². The van der Waals surface area contributed by atoms with Gasteiger partial charge in [0, 0.05) is 10.7 Å². The largest absolute Gasteiger partial charge is 0.356 e. The maximum atomic E-state index is 12.0. The summed E-state index contributed by atoms with van der Waals surface area (Å²) < 4.78 is 0.764. The maximum absolute atomic E-state index is 12.0. The van der Waals surface area contributed by atoms with Crippen LogP contribution < -0.4 is 10.9 Å². The van der Waals surface area contributed by atoms with E-state index >= 15 is 0 Å². The minimum atomic E-state index is -0.415. The first kappa shape index (κ1) is 14.7. The van der Waals surface area contributed by atoms with Crippen molar-refractivity contribution in [2.45, 2.75) is 20.3 Å². The smallest absolute Gasteiger partial charge is 0.286 e. The molecule has 2 rings (SSSR count). The van der Waals surface area contributed by atoms with Crippen molar-refractivity contribution in [1.82, 2.24) is 20.8 Å². The third-order valence-corrected chi connectivity index (χ3v) is 4.29. The molecule has 20 heavy (non-hydrogen) atoms. The van der Waals surface area contributed by atoms with Gasteiger partial charge in [0.05, 0.1) is 10.7 Å². The molecular formula is C12H13BrN4O2S. The van der Waals surface area contributed by atoms with Gasteiger partial charge in [0.25, 0.3) is 11.8 Å². The number of amides is 2. The van der Waals surface area contributed by atoms with E-state index in [9.17, 15) is 9.59 Å². The molecule has 2 heterocycles. The van der Waals surface area contributed by atoms with Gasteiger partial charge in [-0.2, -0.15) is 0 Å². The summed E-state index contributed by atoms with van der Waals surface area (Å²) in [5.74, 6) is -0.777. The number of hydrogen-bond donors (Lipinski definition) is 3. The third-order valence-electron chi connectivity index (χ3n) is 2.53. The molecule has 2 aromatic heterocycles. The Morgan fingerprint density at radius 3 is 2.65 bits per heavy atom. The van der Waals surface area contributed by atoms with E-state index in [1.54, 1.807) is 19.2 Å². The fourth-order valence-corrected chi connectivity index (χ4v) is 2.79. The number of H-pyrrole nitrogens is 1. The first-order valence-electron chi connectivity index (χ1n) is 5.92. The van der Waals surface area contributed by atoms with E-state index in [0.717, 1.165) is 15.9 Å². The van der Waals surface area contributed by atoms with Crippen LogP contribution in [0, 0.1) is 6.92 Å². The molecule has 106 valence electrons. The van der Waals surface area contributed by atoms with Crippen LogP contribution in [0.2, 0.25) is 0 Å². The van der Waals surface area contributed by atoms with Gasteiger partial charge in [-0.15, -0.1) is 11.3 Å². The summed E-state index contributed by atoms with van der Waals surface area (Å²) in [6, 6.07) is 1.62. The number of aryl methyl sites for hydroxylation is 2. The molecule has 0 aliphatic carbocycles. The van der Waals surface area contributed by atoms with Crippen molar-refractivity contribution in [3.63, 3.8) is 0 Å². The Morgan fingerprint density at radius 1 is 1.40 bits per heavy atom. The van der Waals surface area contributed by atoms with E-state index in [-0.39, 0.29) is 5.91 Å². The highest BCUT2D eigenvalue weighted by atomic mass is 79.9. The number of rotatable bonds is 3. The first-order valence-corrected chi connectivity index (χ1v) is 7.53. The molecule has 0 fully saturated rings. The molecule has 3 N–H and O–H groups in total. The number of halogens is 1. The summed E-state index contributed by atoms with van der Waals surface area (Å²) in [5.41, 5.74) is 5.76. The molecule has 8 heteroatoms. The second-order valence-corrected chi connectivity index (χ2v) is 6.01. The van der Waals surface area contributed by atoms with Crippen LogP contribution in [0.25, 0.3) is 0 Å². The minimum absolute atomic E-state index is 0.354. The Kier molecular flexibility index (Phi) is 4.56. The Labute approximate surface area is 128 Å². The highest BCUT2D eigenvalue weighted by molar-refractivity contribution is 9.10. The minimum Gasteiger partial charge on any atom is -0.356 e. The van der Waals surface area contributed by atoms with E-state index in [1.165, 1.54) is 11.3 Å². The predicted octanol–water partition coefficient (Wildman–Crippen LogP) is 2.18. The molecule has 2 aromatic rings. The van der Waals surface area contributed by atoms with Crippen molar-refractivity contribution in [2.24, 2.45) is 0 Å². The number of nitrogens with one attached hydrogen (secondary N) is 3. The zero-order valence-electron chi connectivity index (χ0n) is 10.9. The van der Waals surface area contributed by atoms with Crippen LogP contribution in [0.5, 0.6) is 0 Å². The predicted molar refractivity (Wildman–Crippen MR) is 79.7 cm³/mol. The Balaban J connectivity index is 1.98. The van der Waals surface area contributed by atoms with Gasteiger partial charge >= 0.3 is 0 Å². The van der Waals surface area contributed by atoms with Crippen LogP contribution >= 0.6 is 27.3 Å². The fourth-order valence-electron chi connectivity index (χ4n) is 1.55. The zero-order valence-corrected chi connectivity index (χ0v) is 13.3. The molecule has 0 aliphatic heterocycles. The van der Waals surface area contributed by atoms with Gasteiger partial charge in [-0.1, -0.05) is 6.92 Å². The number of thiazole rings is 1. The molecule has 0 unspecified atom stereocenters. The summed E-state index contributed by atoms with van der Waals surface area (Å²) >= 11 is 4.56. The quantitative estimate of drug-likeness (QED) is 0.736. The van der Waals surface area contributed by atoms with Gasteiger partial charge in [-0.25, -0.2) is 4.98 Å². The number of carbonyl (C=O) groups excluding carboxylic acids is 2. The van der Waals surface area contributed by atoms with Gasteiger partial charge in [0.2, 0.25) is 0 Å². The van der Waals surface area contributed by atoms with E-state index in [4.69, 9.17) is 0 Å². The van der Waals surface area contributed by atoms with Crippen molar-refractivity contribution in [3.05, 3.63) is 38.0 Å². The lowest BCUT2D eigenvalue weighted by atomic mass is 10.4. The van der Waals surface area contributed by atoms with Crippen LogP contribution in [0.3, 0.4) is 0 Å². The molecule has 2 amide bonds. The standard InChI is InChI=1S/C12H13BrN4O2S/c1-3-9-15-6(2)10(20-9)12(19)17-16-11(18)8-4-7(13)5-14-8/h4-5,14H,3H2,1-2H3,(H,16,18)(H,17,19). The van der Waals surface area contributed by atoms with Crippen molar-refractivity contribution in [2.75, 3.05) is 0 Å². The number of carbonyl (C=O) groups is 2. The van der Waals surface area contributed by atoms with Crippen molar-refractivity contribution in [1.29, 1.82) is 0 Å². The number of nitrogens with zero attached hydrogens (tertiary/aromatic N) is 1. The highest BCUT2D eigenvalue weighted by Gasteiger charge is 2.16. The monoisotopic (exact) mass is 356 g/mol. The molecule has 0 aliphatic rings. The molecule has 6 nitrogen and oxygen atoms in total. The number of hydrogen-bond acceptors (Lipinski definition) is 4. The van der Waals surface area contributed by atoms with Gasteiger partial charge < -0.3 is 4.98 Å². The second-order valence-electron chi connectivity index (χ2n) is 4.02. The molecule has 0 bridgehead atoms. The van der Waals surface area contributed by atoms with Crippen molar-refractivity contribution < 1.29 is 9.59 Å². The Bertz CT molecular complexity index is 650. The highest BCUT2D eigenvalue weighted by Crippen LogP contribution is 2.18. The molecule has 0 radical (unpaired) electrons. The zero-order chi connectivity index (χ0) is 14.7. The number of aromatic nitrogens is 2. The van der Waals surface area contributed by atoms with Gasteiger partial charge in [0.15, 0.2) is 0 Å². The lowest BCUT2D eigenvalue weighted by Gasteiger charge is -2.05. The summed E-state index contributed by atoms with van der Waals surface area (Å²) in [6.07, 6.45) is 2.42. The Hall–Kier alpha value is -1.67. The van der Waals surface area contributed by atoms with Gasteiger partial charge in [-0.05, 0) is 35.3 Å². The van der Waals surface area contributed by atoms with Crippen molar-refractivity contribution >= 4 is 39.1 Å². The van der Waals surface area contributed by atoms with Crippen LogP contribution in [0.15, 0.2) is 16.7 Å². The molecule has 0 spiro atoms. The molecular weight excluding hydrogens is 344 g/mol. The normalized spacial score (nSPS) is 10.3. The van der Waals surface area contributed by atoms with E-state index in [2.05, 4.69) is 36.7 Å². The first-order chi connectivity index (χ1) is 9.51. The number of hydrazine groups is 1. The van der Waals surface area contributed by atoms with Crippen LogP contribution in [-0.2, 0) is 6.42 Å². The van der Waals surface area contributed by atoms with Gasteiger partial charge in [-0.3, -0.25) is 20.4 Å². The maximum Gasteiger partial charge on any atom is 0.286 e. The average molecular weight is 357 g/mol. The fraction of sp³-hybridized carbons (Fsp3) is 0.250. The number of aromatic amines is 1. The van der Waals surface area contributed by atoms with Crippen LogP contribution in [0.4, 0.5) is 0 Å². The van der Waals surface area contributed by atoms with E-state index < -0.39 is 5.91 Å². The SMILES string of the molecule is CCc1nc(C)c(C(=O)NNC(=O)c2cc(Br)c[nH]2)s1. The average Bonchev–Trinajstić information content (AvgIpc) is 3.01. The summed E-state index contributed by atoms with van der Waals surface area (Å²) in [4.78, 5) is 31.3. The Morgan fingerprint density at radius 2 is 2.10 bits per heavy atom. The van der Waals surface area contributed by atoms with Crippen LogP contribution in [0.1, 0.15) is 37.8 Å². The van der Waals surface area contributed by atoms with E-state index in [1.807, 2.05) is 6.92 Å². The molecule has 0 saturated carbocycles. The van der Waals surface area contributed by atoms with Crippen molar-refractivity contribution in [3.8, 4) is 0 Å². The molecule has 0 atom stereocenters. The lowest BCUT2D eigenvalue weighted by molar-refractivity contribution is 0.0846. The molecule has 0 aromatic carbocycles. The second kappa shape index (κ2) is 6.19. The summed E-state index contributed by atoms with van der Waals surface area (Å²) in [7, 11) is 0. The molecule has 0 saturated heterocycles.